The van der Waals surface area contributed by atoms with Crippen LogP contribution in [0.15, 0.2) is 58.1 Å². The number of rotatable bonds is 9. The highest BCUT2D eigenvalue weighted by atomic mass is 35.5. The number of aromatic nitrogens is 4. The highest BCUT2D eigenvalue weighted by molar-refractivity contribution is 6.30. The van der Waals surface area contributed by atoms with Gasteiger partial charge >= 0.3 is 11.7 Å². The molecule has 0 spiro atoms. The first kappa shape index (κ1) is 23.7. The number of ether oxygens (including phenoxy) is 2. The van der Waals surface area contributed by atoms with Crippen molar-refractivity contribution in [3.8, 4) is 11.8 Å². The van der Waals surface area contributed by atoms with Crippen LogP contribution < -0.4 is 16.0 Å². The number of halogens is 2. The molecule has 8 nitrogen and oxygen atoms in total. The largest absolute Gasteiger partial charge is 0.425 e. The molecule has 0 N–H and O–H groups in total. The summed E-state index contributed by atoms with van der Waals surface area (Å²) in [6.07, 6.45) is 0.506. The molecule has 10 heteroatoms. The molecule has 0 aliphatic heterocycles. The molecule has 2 aromatic heterocycles. The van der Waals surface area contributed by atoms with Crippen LogP contribution in [0.5, 0.6) is 11.8 Å². The van der Waals surface area contributed by atoms with E-state index in [2.05, 4.69) is 4.98 Å². The first-order chi connectivity index (χ1) is 16.4. The van der Waals surface area contributed by atoms with E-state index in [1.54, 1.807) is 48.0 Å². The van der Waals surface area contributed by atoms with Crippen LogP contribution in [-0.2, 0) is 24.9 Å². The maximum Gasteiger partial charge on any atom is 0.332 e. The van der Waals surface area contributed by atoms with Gasteiger partial charge in [-0.3, -0.25) is 18.5 Å². The standard InChI is InChI=1S/C24H24ClFN4O4/c1-3-33-13-5-12-29-22(31)20-21(28(2)24(29)32)27-23(34-19-7-4-6-17(25)14-19)30(20)15-16-8-10-18(26)11-9-16/h4,6-11,14H,3,5,12-13,15H2,1-2H3. The van der Waals surface area contributed by atoms with E-state index < -0.39 is 11.2 Å². The summed E-state index contributed by atoms with van der Waals surface area (Å²) in [5, 5.41) is 0.475. The van der Waals surface area contributed by atoms with Crippen molar-refractivity contribution in [2.45, 2.75) is 26.4 Å². The second-order valence-electron chi connectivity index (χ2n) is 7.69. The molecule has 0 saturated heterocycles. The third kappa shape index (κ3) is 4.90. The van der Waals surface area contributed by atoms with Gasteiger partial charge in [0.1, 0.15) is 11.6 Å². The maximum absolute atomic E-state index is 13.5. The zero-order valence-corrected chi connectivity index (χ0v) is 19.6. The SMILES string of the molecule is CCOCCCn1c(=O)c2c(nc(Oc3cccc(Cl)c3)n2Cc2ccc(F)cc2)n(C)c1=O. The molecule has 2 heterocycles. The summed E-state index contributed by atoms with van der Waals surface area (Å²) in [4.78, 5) is 30.9. The van der Waals surface area contributed by atoms with Crippen molar-refractivity contribution in [2.24, 2.45) is 7.05 Å². The van der Waals surface area contributed by atoms with Crippen molar-refractivity contribution in [3.63, 3.8) is 0 Å². The van der Waals surface area contributed by atoms with Gasteiger partial charge < -0.3 is 9.47 Å². The predicted octanol–water partition coefficient (Wildman–Crippen LogP) is 3.96. The van der Waals surface area contributed by atoms with Gasteiger partial charge in [0.15, 0.2) is 11.2 Å². The third-order valence-corrected chi connectivity index (χ3v) is 5.57. The van der Waals surface area contributed by atoms with E-state index in [-0.39, 0.29) is 36.1 Å². The van der Waals surface area contributed by atoms with E-state index in [0.29, 0.717) is 30.4 Å². The average molecular weight is 487 g/mol. The number of fused-ring (bicyclic) bond motifs is 1. The van der Waals surface area contributed by atoms with Gasteiger partial charge in [0.05, 0.1) is 6.54 Å². The lowest BCUT2D eigenvalue weighted by Crippen LogP contribution is -2.40. The normalized spacial score (nSPS) is 11.3. The first-order valence-electron chi connectivity index (χ1n) is 10.8. The second kappa shape index (κ2) is 10.2. The minimum Gasteiger partial charge on any atom is -0.425 e. The molecule has 0 fully saturated rings. The van der Waals surface area contributed by atoms with Crippen LogP contribution in [0.2, 0.25) is 5.02 Å². The van der Waals surface area contributed by atoms with Crippen molar-refractivity contribution in [2.75, 3.05) is 13.2 Å². The van der Waals surface area contributed by atoms with Crippen LogP contribution in [0.4, 0.5) is 4.39 Å². The Morgan fingerprint density at radius 1 is 1.09 bits per heavy atom. The van der Waals surface area contributed by atoms with Gasteiger partial charge in [-0.2, -0.15) is 4.98 Å². The Bertz CT molecular complexity index is 1430. The fourth-order valence-electron chi connectivity index (χ4n) is 3.65. The summed E-state index contributed by atoms with van der Waals surface area (Å²) >= 11 is 6.09. The topological polar surface area (TPSA) is 80.3 Å². The highest BCUT2D eigenvalue weighted by Gasteiger charge is 2.22. The molecule has 0 bridgehead atoms. The van der Waals surface area contributed by atoms with Crippen LogP contribution in [0.3, 0.4) is 0 Å². The third-order valence-electron chi connectivity index (χ3n) is 5.33. The summed E-state index contributed by atoms with van der Waals surface area (Å²) in [5.74, 6) is 0.0545. The van der Waals surface area contributed by atoms with E-state index >= 15 is 0 Å². The molecule has 178 valence electrons. The molecule has 4 rings (SSSR count). The molecule has 2 aromatic carbocycles. The Kier molecular flexibility index (Phi) is 7.14. The van der Waals surface area contributed by atoms with Gasteiger partial charge in [-0.25, -0.2) is 9.18 Å². The van der Waals surface area contributed by atoms with Gasteiger partial charge in [0.25, 0.3) is 5.56 Å². The molecule has 4 aromatic rings. The van der Waals surface area contributed by atoms with Gasteiger partial charge in [-0.05, 0) is 49.2 Å². The molecule has 0 atom stereocenters. The monoisotopic (exact) mass is 486 g/mol. The number of benzene rings is 2. The van der Waals surface area contributed by atoms with E-state index in [9.17, 15) is 14.0 Å². The van der Waals surface area contributed by atoms with E-state index in [4.69, 9.17) is 21.1 Å². The summed E-state index contributed by atoms with van der Waals surface area (Å²) in [5.41, 5.74) is 0.169. The molecule has 0 saturated carbocycles. The molecule has 0 radical (unpaired) electrons. The average Bonchev–Trinajstić information content (AvgIpc) is 3.16. The number of aryl methyl sites for hydroxylation is 1. The van der Waals surface area contributed by atoms with Gasteiger partial charge in [-0.15, -0.1) is 0 Å². The van der Waals surface area contributed by atoms with Gasteiger partial charge in [0, 0.05) is 31.8 Å². The molecular weight excluding hydrogens is 463 g/mol. The number of nitrogens with zero attached hydrogens (tertiary/aromatic N) is 4. The number of imidazole rings is 1. The smallest absolute Gasteiger partial charge is 0.332 e. The van der Waals surface area contributed by atoms with Crippen LogP contribution in [0.1, 0.15) is 18.9 Å². The van der Waals surface area contributed by atoms with Crippen molar-refractivity contribution >= 4 is 22.8 Å². The summed E-state index contributed by atoms with van der Waals surface area (Å²) in [6.45, 7) is 3.25. The number of hydrogen-bond acceptors (Lipinski definition) is 5. The molecular formula is C24H24ClFN4O4. The maximum atomic E-state index is 13.5. The van der Waals surface area contributed by atoms with Gasteiger partial charge in [0.2, 0.25) is 0 Å². The van der Waals surface area contributed by atoms with E-state index in [1.165, 1.54) is 21.3 Å². The Morgan fingerprint density at radius 3 is 2.56 bits per heavy atom. The van der Waals surface area contributed by atoms with Crippen LogP contribution in [0, 0.1) is 5.82 Å². The van der Waals surface area contributed by atoms with Gasteiger partial charge in [-0.1, -0.05) is 29.8 Å². The van der Waals surface area contributed by atoms with Crippen molar-refractivity contribution in [1.29, 1.82) is 0 Å². The Morgan fingerprint density at radius 2 is 1.85 bits per heavy atom. The molecule has 0 aliphatic rings. The summed E-state index contributed by atoms with van der Waals surface area (Å²) < 4.78 is 28.9. The predicted molar refractivity (Wildman–Crippen MR) is 127 cm³/mol. The number of hydrogen-bond donors (Lipinski definition) is 0. The fraction of sp³-hybridized carbons (Fsp3) is 0.292. The van der Waals surface area contributed by atoms with E-state index in [0.717, 1.165) is 5.56 Å². The minimum absolute atomic E-state index is 0.112. The lowest BCUT2D eigenvalue weighted by atomic mass is 10.2. The van der Waals surface area contributed by atoms with Crippen molar-refractivity contribution in [1.82, 2.24) is 18.7 Å². The Labute approximate surface area is 199 Å². The van der Waals surface area contributed by atoms with Crippen molar-refractivity contribution in [3.05, 3.63) is 85.8 Å². The molecule has 34 heavy (non-hydrogen) atoms. The van der Waals surface area contributed by atoms with Crippen molar-refractivity contribution < 1.29 is 13.9 Å². The zero-order valence-electron chi connectivity index (χ0n) is 18.8. The highest BCUT2D eigenvalue weighted by Crippen LogP contribution is 2.27. The zero-order chi connectivity index (χ0) is 24.2. The Balaban J connectivity index is 1.86. The quantitative estimate of drug-likeness (QED) is 0.335. The lowest BCUT2D eigenvalue weighted by molar-refractivity contribution is 0.141. The lowest BCUT2D eigenvalue weighted by Gasteiger charge is -2.11. The molecule has 0 aliphatic carbocycles. The van der Waals surface area contributed by atoms with Crippen LogP contribution >= 0.6 is 11.6 Å². The summed E-state index contributed by atoms with van der Waals surface area (Å²) in [7, 11) is 1.56. The van der Waals surface area contributed by atoms with Crippen LogP contribution in [-0.4, -0.2) is 31.9 Å². The molecule has 0 amide bonds. The molecule has 0 unspecified atom stereocenters. The summed E-state index contributed by atoms with van der Waals surface area (Å²) in [6, 6.07) is 12.8. The first-order valence-corrected chi connectivity index (χ1v) is 11.2. The second-order valence-corrected chi connectivity index (χ2v) is 8.12. The Hall–Kier alpha value is -3.43. The fourth-order valence-corrected chi connectivity index (χ4v) is 3.83. The minimum atomic E-state index is -0.481. The van der Waals surface area contributed by atoms with Crippen LogP contribution in [0.25, 0.3) is 11.2 Å². The van der Waals surface area contributed by atoms with E-state index in [1.807, 2.05) is 6.92 Å².